The van der Waals surface area contributed by atoms with Gasteiger partial charge in [0.25, 0.3) is 0 Å². The van der Waals surface area contributed by atoms with Gasteiger partial charge in [0, 0.05) is 6.04 Å². The molecule has 1 aromatic rings. The Balaban J connectivity index is 2.51. The molecule has 0 amide bonds. The van der Waals surface area contributed by atoms with Crippen LogP contribution in [0.3, 0.4) is 0 Å². The summed E-state index contributed by atoms with van der Waals surface area (Å²) >= 11 is 3.26. The molecule has 15 heavy (non-hydrogen) atoms. The second-order valence-corrected chi connectivity index (χ2v) is 5.85. The van der Waals surface area contributed by atoms with Crippen molar-refractivity contribution in [3.63, 3.8) is 0 Å². The molecule has 0 radical (unpaired) electrons. The molecule has 0 saturated heterocycles. The van der Waals surface area contributed by atoms with Gasteiger partial charge >= 0.3 is 0 Å². The zero-order valence-corrected chi connectivity index (χ0v) is 11.3. The Hall–Kier alpha value is -0.640. The minimum Gasteiger partial charge on any atom is -0.366 e. The molecule has 3 nitrogen and oxygen atoms in total. The van der Waals surface area contributed by atoms with Crippen molar-refractivity contribution in [1.29, 1.82) is 0 Å². The minimum absolute atomic E-state index is 0.329. The molecule has 1 rings (SSSR count). The molecule has 1 heterocycles. The molecule has 0 aliphatic rings. The minimum atomic E-state index is 0.329. The summed E-state index contributed by atoms with van der Waals surface area (Å²) < 4.78 is 0.761. The van der Waals surface area contributed by atoms with Crippen LogP contribution in [0.25, 0.3) is 0 Å². The highest BCUT2D eigenvalue weighted by Gasteiger charge is 2.15. The zero-order valence-electron chi connectivity index (χ0n) is 9.71. The van der Waals surface area contributed by atoms with E-state index in [9.17, 15) is 0 Å². The van der Waals surface area contributed by atoms with E-state index < -0.39 is 0 Å². The van der Waals surface area contributed by atoms with Crippen LogP contribution in [0, 0.1) is 5.41 Å². The van der Waals surface area contributed by atoms with Crippen molar-refractivity contribution in [3.05, 3.63) is 17.0 Å². The van der Waals surface area contributed by atoms with Crippen LogP contribution in [0.1, 0.15) is 34.1 Å². The number of rotatable bonds is 3. The lowest BCUT2D eigenvalue weighted by Gasteiger charge is -2.24. The van der Waals surface area contributed by atoms with Crippen LogP contribution in [0.4, 0.5) is 5.82 Å². The first-order valence-electron chi connectivity index (χ1n) is 5.11. The number of hydrogen-bond acceptors (Lipinski definition) is 3. The van der Waals surface area contributed by atoms with Gasteiger partial charge in [-0.05, 0) is 34.7 Å². The SMILES string of the molecule is CC(CC(C)(C)C)Nc1cnc(Br)cn1. The Bertz CT molecular complexity index is 303. The fourth-order valence-electron chi connectivity index (χ4n) is 1.61. The Labute approximate surface area is 99.8 Å². The molecule has 1 N–H and O–H groups in total. The summed E-state index contributed by atoms with van der Waals surface area (Å²) in [6.45, 7) is 8.87. The molecule has 0 fully saturated rings. The fourth-order valence-corrected chi connectivity index (χ4v) is 1.81. The number of aromatic nitrogens is 2. The monoisotopic (exact) mass is 271 g/mol. The van der Waals surface area contributed by atoms with Gasteiger partial charge in [-0.25, -0.2) is 9.97 Å². The summed E-state index contributed by atoms with van der Waals surface area (Å²) in [5, 5.41) is 3.33. The maximum Gasteiger partial charge on any atom is 0.144 e. The molecular weight excluding hydrogens is 254 g/mol. The third-order valence-electron chi connectivity index (χ3n) is 1.93. The van der Waals surface area contributed by atoms with Crippen molar-refractivity contribution in [2.45, 2.75) is 40.2 Å². The first-order chi connectivity index (χ1) is 6.87. The summed E-state index contributed by atoms with van der Waals surface area (Å²) in [6.07, 6.45) is 4.54. The molecule has 0 bridgehead atoms. The van der Waals surface area contributed by atoms with E-state index in [1.807, 2.05) is 0 Å². The molecule has 0 aromatic carbocycles. The molecule has 1 atom stereocenters. The largest absolute Gasteiger partial charge is 0.366 e. The van der Waals surface area contributed by atoms with E-state index in [0.29, 0.717) is 11.5 Å². The third kappa shape index (κ3) is 5.11. The highest BCUT2D eigenvalue weighted by atomic mass is 79.9. The molecule has 0 saturated carbocycles. The second kappa shape index (κ2) is 4.92. The fraction of sp³-hybridized carbons (Fsp3) is 0.636. The average molecular weight is 272 g/mol. The highest BCUT2D eigenvalue weighted by molar-refractivity contribution is 9.10. The Morgan fingerprint density at radius 3 is 2.47 bits per heavy atom. The van der Waals surface area contributed by atoms with Gasteiger partial charge in [0.2, 0.25) is 0 Å². The summed E-state index contributed by atoms with van der Waals surface area (Å²) in [6, 6.07) is 0.403. The van der Waals surface area contributed by atoms with Crippen molar-refractivity contribution in [3.8, 4) is 0 Å². The highest BCUT2D eigenvalue weighted by Crippen LogP contribution is 2.22. The van der Waals surface area contributed by atoms with E-state index in [-0.39, 0.29) is 0 Å². The van der Waals surface area contributed by atoms with Crippen LogP contribution >= 0.6 is 15.9 Å². The molecular formula is C11H18BrN3. The second-order valence-electron chi connectivity index (χ2n) is 5.03. The van der Waals surface area contributed by atoms with E-state index in [0.717, 1.165) is 16.8 Å². The van der Waals surface area contributed by atoms with Gasteiger partial charge in [0.15, 0.2) is 0 Å². The molecule has 0 spiro atoms. The average Bonchev–Trinajstić information content (AvgIpc) is 2.05. The predicted molar refractivity (Wildman–Crippen MR) is 66.9 cm³/mol. The van der Waals surface area contributed by atoms with Crippen molar-refractivity contribution in [1.82, 2.24) is 9.97 Å². The van der Waals surface area contributed by atoms with Gasteiger partial charge < -0.3 is 5.32 Å². The number of nitrogens with zero attached hydrogens (tertiary/aromatic N) is 2. The first kappa shape index (κ1) is 12.4. The summed E-state index contributed by atoms with van der Waals surface area (Å²) in [4.78, 5) is 8.35. The van der Waals surface area contributed by atoms with Gasteiger partial charge in [-0.3, -0.25) is 0 Å². The lowest BCUT2D eigenvalue weighted by atomic mass is 9.89. The van der Waals surface area contributed by atoms with Crippen LogP contribution in [-0.4, -0.2) is 16.0 Å². The molecule has 84 valence electrons. The summed E-state index contributed by atoms with van der Waals surface area (Å²) in [7, 11) is 0. The Morgan fingerprint density at radius 1 is 1.33 bits per heavy atom. The Morgan fingerprint density at radius 2 is 2.00 bits per heavy atom. The lowest BCUT2D eigenvalue weighted by Crippen LogP contribution is -2.23. The molecule has 0 aliphatic carbocycles. The van der Waals surface area contributed by atoms with E-state index in [1.54, 1.807) is 12.4 Å². The molecule has 4 heteroatoms. The van der Waals surface area contributed by atoms with E-state index in [2.05, 4.69) is 58.9 Å². The van der Waals surface area contributed by atoms with Gasteiger partial charge in [-0.2, -0.15) is 0 Å². The third-order valence-corrected chi connectivity index (χ3v) is 2.34. The van der Waals surface area contributed by atoms with E-state index in [4.69, 9.17) is 0 Å². The zero-order chi connectivity index (χ0) is 11.5. The number of hydrogen-bond donors (Lipinski definition) is 1. The van der Waals surface area contributed by atoms with Crippen molar-refractivity contribution < 1.29 is 0 Å². The Kier molecular flexibility index (Phi) is 4.08. The predicted octanol–water partition coefficient (Wildman–Crippen LogP) is 3.48. The smallest absolute Gasteiger partial charge is 0.144 e. The van der Waals surface area contributed by atoms with Crippen molar-refractivity contribution in [2.75, 3.05) is 5.32 Å². The quantitative estimate of drug-likeness (QED) is 0.915. The summed E-state index contributed by atoms with van der Waals surface area (Å²) in [5.41, 5.74) is 0.329. The number of anilines is 1. The maximum atomic E-state index is 4.23. The van der Waals surface area contributed by atoms with Crippen LogP contribution in [-0.2, 0) is 0 Å². The summed E-state index contributed by atoms with van der Waals surface area (Å²) in [5.74, 6) is 0.829. The molecule has 1 aromatic heterocycles. The number of nitrogens with one attached hydrogen (secondary N) is 1. The van der Waals surface area contributed by atoms with Gasteiger partial charge in [0.05, 0.1) is 12.4 Å². The molecule has 1 unspecified atom stereocenters. The van der Waals surface area contributed by atoms with E-state index >= 15 is 0 Å². The normalized spacial score (nSPS) is 13.7. The topological polar surface area (TPSA) is 37.8 Å². The number of halogens is 1. The van der Waals surface area contributed by atoms with E-state index in [1.165, 1.54) is 0 Å². The molecule has 0 aliphatic heterocycles. The van der Waals surface area contributed by atoms with Gasteiger partial charge in [-0.15, -0.1) is 0 Å². The van der Waals surface area contributed by atoms with Gasteiger partial charge in [0.1, 0.15) is 10.4 Å². The maximum absolute atomic E-state index is 4.23. The van der Waals surface area contributed by atoms with Crippen molar-refractivity contribution in [2.24, 2.45) is 5.41 Å². The van der Waals surface area contributed by atoms with Crippen molar-refractivity contribution >= 4 is 21.7 Å². The van der Waals surface area contributed by atoms with Crippen LogP contribution < -0.4 is 5.32 Å². The van der Waals surface area contributed by atoms with Crippen LogP contribution in [0.15, 0.2) is 17.0 Å². The first-order valence-corrected chi connectivity index (χ1v) is 5.90. The van der Waals surface area contributed by atoms with Crippen LogP contribution in [0.5, 0.6) is 0 Å². The van der Waals surface area contributed by atoms with Crippen LogP contribution in [0.2, 0.25) is 0 Å². The van der Waals surface area contributed by atoms with Gasteiger partial charge in [-0.1, -0.05) is 20.8 Å². The lowest BCUT2D eigenvalue weighted by molar-refractivity contribution is 0.357. The standard InChI is InChI=1S/C11H18BrN3/c1-8(5-11(2,3)4)15-10-7-13-9(12)6-14-10/h6-8H,5H2,1-4H3,(H,14,15).